The maximum atomic E-state index is 5.46. The van der Waals surface area contributed by atoms with Gasteiger partial charge in [-0.3, -0.25) is 0 Å². The first kappa shape index (κ1) is 11.5. The fourth-order valence-electron chi connectivity index (χ4n) is 2.54. The first-order valence-electron chi connectivity index (χ1n) is 6.67. The van der Waals surface area contributed by atoms with Crippen LogP contribution in [0.1, 0.15) is 11.1 Å². The summed E-state index contributed by atoms with van der Waals surface area (Å²) in [5.74, 6) is 0.803. The Balaban J connectivity index is 1.70. The SMILES string of the molecule is c1ccc2c(c1)C[C](c1ccc3ccccc3c1)OO2. The summed E-state index contributed by atoms with van der Waals surface area (Å²) in [6, 6.07) is 22.6. The van der Waals surface area contributed by atoms with E-state index >= 15 is 0 Å². The molecule has 1 aliphatic heterocycles. The average molecular weight is 261 g/mol. The summed E-state index contributed by atoms with van der Waals surface area (Å²) in [6.07, 6.45) is 1.61. The van der Waals surface area contributed by atoms with Gasteiger partial charge in [-0.05, 0) is 28.5 Å². The van der Waals surface area contributed by atoms with Gasteiger partial charge in [-0.1, -0.05) is 54.6 Å². The molecular formula is C18H13O2. The third kappa shape index (κ3) is 1.95. The summed E-state index contributed by atoms with van der Waals surface area (Å²) >= 11 is 0. The Kier molecular flexibility index (Phi) is 2.68. The molecule has 1 radical (unpaired) electrons. The molecule has 0 atom stereocenters. The lowest BCUT2D eigenvalue weighted by Gasteiger charge is -2.23. The highest BCUT2D eigenvalue weighted by molar-refractivity contribution is 5.83. The van der Waals surface area contributed by atoms with E-state index in [1.165, 1.54) is 10.8 Å². The Morgan fingerprint density at radius 1 is 0.700 bits per heavy atom. The van der Waals surface area contributed by atoms with Gasteiger partial charge in [-0.25, -0.2) is 0 Å². The number of hydrogen-bond acceptors (Lipinski definition) is 2. The maximum absolute atomic E-state index is 5.46. The van der Waals surface area contributed by atoms with Gasteiger partial charge in [-0.15, -0.1) is 0 Å². The van der Waals surface area contributed by atoms with E-state index in [1.807, 2.05) is 30.3 Å². The third-order valence-corrected chi connectivity index (χ3v) is 3.63. The van der Waals surface area contributed by atoms with Gasteiger partial charge in [0.15, 0.2) is 11.9 Å². The second-order valence-corrected chi connectivity index (χ2v) is 4.94. The van der Waals surface area contributed by atoms with Crippen molar-refractivity contribution in [3.63, 3.8) is 0 Å². The summed E-state index contributed by atoms with van der Waals surface area (Å²) in [7, 11) is 0. The molecule has 2 nitrogen and oxygen atoms in total. The summed E-state index contributed by atoms with van der Waals surface area (Å²) in [4.78, 5) is 10.8. The second kappa shape index (κ2) is 4.66. The number of rotatable bonds is 1. The third-order valence-electron chi connectivity index (χ3n) is 3.63. The Bertz CT molecular complexity index is 764. The molecule has 0 unspecified atom stereocenters. The molecule has 0 aliphatic carbocycles. The van der Waals surface area contributed by atoms with Gasteiger partial charge >= 0.3 is 0 Å². The van der Waals surface area contributed by atoms with Crippen molar-refractivity contribution in [2.45, 2.75) is 6.42 Å². The highest BCUT2D eigenvalue weighted by atomic mass is 17.2. The van der Waals surface area contributed by atoms with Crippen LogP contribution in [0.4, 0.5) is 0 Å². The molecule has 0 bridgehead atoms. The van der Waals surface area contributed by atoms with Crippen LogP contribution >= 0.6 is 0 Å². The molecule has 0 N–H and O–H groups in total. The highest BCUT2D eigenvalue weighted by Crippen LogP contribution is 2.33. The van der Waals surface area contributed by atoms with E-state index in [0.29, 0.717) is 0 Å². The highest BCUT2D eigenvalue weighted by Gasteiger charge is 2.24. The molecule has 4 rings (SSSR count). The van der Waals surface area contributed by atoms with E-state index in [9.17, 15) is 0 Å². The van der Waals surface area contributed by atoms with Crippen LogP contribution in [0.15, 0.2) is 66.7 Å². The predicted molar refractivity (Wildman–Crippen MR) is 78.2 cm³/mol. The molecular weight excluding hydrogens is 248 g/mol. The fraction of sp³-hybridized carbons (Fsp3) is 0.0556. The predicted octanol–water partition coefficient (Wildman–Crippen LogP) is 4.29. The number of benzene rings is 3. The van der Waals surface area contributed by atoms with E-state index in [1.54, 1.807) is 0 Å². The van der Waals surface area contributed by atoms with Crippen LogP contribution in [-0.2, 0) is 11.3 Å². The van der Waals surface area contributed by atoms with Gasteiger partial charge in [0, 0.05) is 12.0 Å². The Morgan fingerprint density at radius 3 is 2.45 bits per heavy atom. The van der Waals surface area contributed by atoms with Crippen molar-refractivity contribution in [2.75, 3.05) is 0 Å². The van der Waals surface area contributed by atoms with Crippen LogP contribution < -0.4 is 4.89 Å². The lowest BCUT2D eigenvalue weighted by Crippen LogP contribution is -2.17. The average Bonchev–Trinajstić information content (AvgIpc) is 2.54. The lowest BCUT2D eigenvalue weighted by molar-refractivity contribution is -0.201. The van der Waals surface area contributed by atoms with Crippen LogP contribution in [-0.4, -0.2) is 0 Å². The zero-order valence-corrected chi connectivity index (χ0v) is 10.9. The number of para-hydroxylation sites is 1. The fourth-order valence-corrected chi connectivity index (χ4v) is 2.54. The number of fused-ring (bicyclic) bond motifs is 2. The van der Waals surface area contributed by atoms with Crippen LogP contribution in [0.5, 0.6) is 5.75 Å². The van der Waals surface area contributed by atoms with Crippen molar-refractivity contribution in [3.05, 3.63) is 84.0 Å². The van der Waals surface area contributed by atoms with E-state index in [2.05, 4.69) is 36.4 Å². The van der Waals surface area contributed by atoms with Crippen LogP contribution in [0, 0.1) is 6.10 Å². The van der Waals surface area contributed by atoms with E-state index < -0.39 is 0 Å². The van der Waals surface area contributed by atoms with Crippen molar-refractivity contribution < 1.29 is 9.78 Å². The molecule has 0 saturated carbocycles. The molecule has 0 saturated heterocycles. The van der Waals surface area contributed by atoms with E-state index in [4.69, 9.17) is 9.78 Å². The number of hydrogen-bond donors (Lipinski definition) is 0. The molecule has 0 amide bonds. The Labute approximate surface area is 117 Å². The molecule has 0 spiro atoms. The summed E-state index contributed by atoms with van der Waals surface area (Å²) in [5, 5.41) is 2.44. The zero-order chi connectivity index (χ0) is 13.4. The summed E-state index contributed by atoms with van der Waals surface area (Å²) < 4.78 is 0. The van der Waals surface area contributed by atoms with Gasteiger partial charge in [0.1, 0.15) is 0 Å². The Morgan fingerprint density at radius 2 is 1.50 bits per heavy atom. The Hall–Kier alpha value is -2.32. The molecule has 3 aromatic carbocycles. The van der Waals surface area contributed by atoms with Crippen molar-refractivity contribution in [2.24, 2.45) is 0 Å². The zero-order valence-electron chi connectivity index (χ0n) is 10.9. The van der Waals surface area contributed by atoms with Crippen molar-refractivity contribution >= 4 is 10.8 Å². The van der Waals surface area contributed by atoms with Gasteiger partial charge in [-0.2, -0.15) is 4.89 Å². The van der Waals surface area contributed by atoms with Gasteiger partial charge in [0.05, 0.1) is 0 Å². The minimum atomic E-state index is 0.758. The molecule has 1 aliphatic rings. The smallest absolute Gasteiger partial charge is 0.182 e. The maximum Gasteiger partial charge on any atom is 0.182 e. The molecule has 0 fully saturated rings. The lowest BCUT2D eigenvalue weighted by atomic mass is 9.98. The summed E-state index contributed by atoms with van der Waals surface area (Å²) in [5.41, 5.74) is 2.22. The van der Waals surface area contributed by atoms with Crippen molar-refractivity contribution in [1.82, 2.24) is 0 Å². The van der Waals surface area contributed by atoms with Crippen LogP contribution in [0.2, 0.25) is 0 Å². The van der Waals surface area contributed by atoms with Gasteiger partial charge in [0.25, 0.3) is 0 Å². The quantitative estimate of drug-likeness (QED) is 0.608. The molecule has 0 aromatic heterocycles. The topological polar surface area (TPSA) is 18.5 Å². The molecule has 3 aromatic rings. The molecule has 2 heteroatoms. The molecule has 97 valence electrons. The van der Waals surface area contributed by atoms with Crippen LogP contribution in [0.3, 0.4) is 0 Å². The van der Waals surface area contributed by atoms with Crippen molar-refractivity contribution in [1.29, 1.82) is 0 Å². The molecule has 20 heavy (non-hydrogen) atoms. The largest absolute Gasteiger partial charge is 0.336 e. The van der Waals surface area contributed by atoms with Gasteiger partial charge < -0.3 is 4.89 Å². The molecule has 1 heterocycles. The summed E-state index contributed by atoms with van der Waals surface area (Å²) in [6.45, 7) is 0. The van der Waals surface area contributed by atoms with Crippen molar-refractivity contribution in [3.8, 4) is 5.75 Å². The second-order valence-electron chi connectivity index (χ2n) is 4.94. The first-order chi connectivity index (χ1) is 9.90. The minimum absolute atomic E-state index is 0.758. The normalized spacial score (nSPS) is 14.8. The van der Waals surface area contributed by atoms with E-state index in [-0.39, 0.29) is 0 Å². The van der Waals surface area contributed by atoms with Crippen LogP contribution in [0.25, 0.3) is 10.8 Å². The standard InChI is InChI=1S/C18H13O2/c1-2-6-14-11-16(10-9-13(14)5-1)18-12-15-7-3-4-8-17(15)19-20-18/h1-11H,12H2. The monoisotopic (exact) mass is 261 g/mol. The van der Waals surface area contributed by atoms with Gasteiger partial charge in [0.2, 0.25) is 0 Å². The first-order valence-corrected chi connectivity index (χ1v) is 6.67. The van der Waals surface area contributed by atoms with E-state index in [0.717, 1.165) is 29.4 Å². The minimum Gasteiger partial charge on any atom is -0.336 e.